The van der Waals surface area contributed by atoms with Crippen LogP contribution in [0, 0.1) is 6.92 Å². The van der Waals surface area contributed by atoms with Gasteiger partial charge in [0.15, 0.2) is 0 Å². The Balaban J connectivity index is 1.38. The van der Waals surface area contributed by atoms with Crippen LogP contribution in [-0.4, -0.2) is 41.0 Å². The van der Waals surface area contributed by atoms with Gasteiger partial charge in [-0.15, -0.1) is 0 Å². The molecule has 2 heterocycles. The molecule has 3 aromatic rings. The molecule has 2 aromatic carbocycles. The molecule has 0 aliphatic carbocycles. The van der Waals surface area contributed by atoms with Crippen molar-refractivity contribution in [3.05, 3.63) is 71.6 Å². The minimum absolute atomic E-state index is 0.0810. The predicted octanol–water partition coefficient (Wildman–Crippen LogP) is 4.33. The number of likely N-dealkylation sites (tertiary alicyclic amines) is 1. The van der Waals surface area contributed by atoms with Crippen LogP contribution in [0.1, 0.15) is 36.8 Å². The van der Waals surface area contributed by atoms with Gasteiger partial charge in [0, 0.05) is 12.1 Å². The van der Waals surface area contributed by atoms with E-state index in [9.17, 15) is 9.59 Å². The van der Waals surface area contributed by atoms with Gasteiger partial charge >= 0.3 is 5.97 Å². The SMILES string of the molecule is CCOC(=O)C1CCCN1C(=O)Cc1cccc(OCc2nc(-c3ccccc3)oc2C)c1. The first kappa shape index (κ1) is 22.6. The second kappa shape index (κ2) is 10.3. The van der Waals surface area contributed by atoms with Gasteiger partial charge in [0.2, 0.25) is 11.8 Å². The monoisotopic (exact) mass is 448 g/mol. The van der Waals surface area contributed by atoms with Crippen molar-refractivity contribution >= 4 is 11.9 Å². The molecule has 1 aromatic heterocycles. The third-order valence-electron chi connectivity index (χ3n) is 5.67. The van der Waals surface area contributed by atoms with E-state index >= 15 is 0 Å². The third-order valence-corrected chi connectivity index (χ3v) is 5.67. The summed E-state index contributed by atoms with van der Waals surface area (Å²) in [7, 11) is 0. The van der Waals surface area contributed by atoms with Crippen molar-refractivity contribution in [2.75, 3.05) is 13.2 Å². The van der Waals surface area contributed by atoms with Crippen molar-refractivity contribution in [3.63, 3.8) is 0 Å². The summed E-state index contributed by atoms with van der Waals surface area (Å²) < 4.78 is 16.9. The molecule has 0 spiro atoms. The maximum atomic E-state index is 12.9. The number of carbonyl (C=O) groups is 2. The van der Waals surface area contributed by atoms with Crippen LogP contribution in [-0.2, 0) is 27.4 Å². The number of benzene rings is 2. The van der Waals surface area contributed by atoms with E-state index in [0.29, 0.717) is 37.0 Å². The number of oxazole rings is 1. The van der Waals surface area contributed by atoms with Gasteiger partial charge in [0.25, 0.3) is 0 Å². The molecule has 1 atom stereocenters. The number of amides is 1. The van der Waals surface area contributed by atoms with Crippen LogP contribution in [0.15, 0.2) is 59.0 Å². The fourth-order valence-electron chi connectivity index (χ4n) is 3.99. The first-order valence-electron chi connectivity index (χ1n) is 11.2. The number of esters is 1. The quantitative estimate of drug-likeness (QED) is 0.477. The highest BCUT2D eigenvalue weighted by Crippen LogP contribution is 2.24. The number of aromatic nitrogens is 1. The summed E-state index contributed by atoms with van der Waals surface area (Å²) in [5.41, 5.74) is 2.47. The second-order valence-electron chi connectivity index (χ2n) is 8.00. The number of nitrogens with zero attached hydrogens (tertiary/aromatic N) is 2. The van der Waals surface area contributed by atoms with Crippen LogP contribution in [0.5, 0.6) is 5.75 Å². The Labute approximate surface area is 193 Å². The largest absolute Gasteiger partial charge is 0.487 e. The summed E-state index contributed by atoms with van der Waals surface area (Å²) in [4.78, 5) is 31.2. The van der Waals surface area contributed by atoms with Gasteiger partial charge in [0.05, 0.1) is 13.0 Å². The Kier molecular flexibility index (Phi) is 7.07. The fourth-order valence-corrected chi connectivity index (χ4v) is 3.99. The third kappa shape index (κ3) is 5.42. The van der Waals surface area contributed by atoms with Crippen LogP contribution in [0.25, 0.3) is 11.5 Å². The smallest absolute Gasteiger partial charge is 0.328 e. The zero-order valence-electron chi connectivity index (χ0n) is 19.0. The molecule has 33 heavy (non-hydrogen) atoms. The molecule has 1 aliphatic rings. The Morgan fingerprint density at radius 1 is 1.15 bits per heavy atom. The second-order valence-corrected chi connectivity index (χ2v) is 8.00. The Morgan fingerprint density at radius 2 is 1.97 bits per heavy atom. The zero-order valence-corrected chi connectivity index (χ0v) is 19.0. The van der Waals surface area contributed by atoms with E-state index < -0.39 is 6.04 Å². The van der Waals surface area contributed by atoms with Crippen molar-refractivity contribution < 1.29 is 23.5 Å². The molecule has 1 amide bonds. The minimum atomic E-state index is -0.481. The van der Waals surface area contributed by atoms with E-state index in [4.69, 9.17) is 13.9 Å². The van der Waals surface area contributed by atoms with Crippen molar-refractivity contribution in [2.45, 2.75) is 45.8 Å². The van der Waals surface area contributed by atoms with E-state index in [2.05, 4.69) is 4.98 Å². The molecule has 7 nitrogen and oxygen atoms in total. The fraction of sp³-hybridized carbons (Fsp3) is 0.346. The highest BCUT2D eigenvalue weighted by Gasteiger charge is 2.34. The molecular formula is C26H28N2O5. The highest BCUT2D eigenvalue weighted by atomic mass is 16.5. The van der Waals surface area contributed by atoms with Crippen molar-refractivity contribution in [2.24, 2.45) is 0 Å². The molecule has 1 saturated heterocycles. The summed E-state index contributed by atoms with van der Waals surface area (Å²) in [5.74, 6) is 1.51. The van der Waals surface area contributed by atoms with Gasteiger partial charge in [-0.2, -0.15) is 0 Å². The lowest BCUT2D eigenvalue weighted by molar-refractivity contribution is -0.152. The van der Waals surface area contributed by atoms with Crippen LogP contribution in [0.3, 0.4) is 0 Å². The lowest BCUT2D eigenvalue weighted by Gasteiger charge is -2.23. The summed E-state index contributed by atoms with van der Waals surface area (Å²) >= 11 is 0. The molecule has 172 valence electrons. The number of ether oxygens (including phenoxy) is 2. The molecule has 0 bridgehead atoms. The molecule has 1 unspecified atom stereocenters. The summed E-state index contributed by atoms with van der Waals surface area (Å²) in [6.07, 6.45) is 1.66. The molecule has 7 heteroatoms. The summed E-state index contributed by atoms with van der Waals surface area (Å²) in [5, 5.41) is 0. The molecule has 0 N–H and O–H groups in total. The lowest BCUT2D eigenvalue weighted by atomic mass is 10.1. The summed E-state index contributed by atoms with van der Waals surface area (Å²) in [6.45, 7) is 4.79. The van der Waals surface area contributed by atoms with Crippen molar-refractivity contribution in [1.29, 1.82) is 0 Å². The Hall–Kier alpha value is -3.61. The molecule has 0 radical (unpaired) electrons. The zero-order chi connectivity index (χ0) is 23.2. The average molecular weight is 449 g/mol. The van der Waals surface area contributed by atoms with Crippen LogP contribution in [0.4, 0.5) is 0 Å². The van der Waals surface area contributed by atoms with Gasteiger partial charge in [-0.3, -0.25) is 4.79 Å². The number of carbonyl (C=O) groups excluding carboxylic acids is 2. The van der Waals surface area contributed by atoms with Crippen LogP contribution < -0.4 is 4.74 Å². The molecule has 1 aliphatic heterocycles. The van der Waals surface area contributed by atoms with Gasteiger partial charge in [-0.1, -0.05) is 30.3 Å². The molecule has 4 rings (SSSR count). The number of rotatable bonds is 8. The van der Waals surface area contributed by atoms with Crippen molar-refractivity contribution in [1.82, 2.24) is 9.88 Å². The minimum Gasteiger partial charge on any atom is -0.487 e. The molecule has 1 fully saturated rings. The van der Waals surface area contributed by atoms with E-state index in [1.165, 1.54) is 0 Å². The Morgan fingerprint density at radius 3 is 2.76 bits per heavy atom. The normalized spacial score (nSPS) is 15.5. The van der Waals surface area contributed by atoms with Gasteiger partial charge in [0.1, 0.15) is 29.9 Å². The van der Waals surface area contributed by atoms with Gasteiger partial charge in [-0.25, -0.2) is 9.78 Å². The Bertz CT molecular complexity index is 1110. The first-order valence-corrected chi connectivity index (χ1v) is 11.2. The summed E-state index contributed by atoms with van der Waals surface area (Å²) in [6, 6.07) is 16.7. The van der Waals surface area contributed by atoms with E-state index in [1.54, 1.807) is 11.8 Å². The van der Waals surface area contributed by atoms with Crippen LogP contribution >= 0.6 is 0 Å². The lowest BCUT2D eigenvalue weighted by Crippen LogP contribution is -2.42. The first-order chi connectivity index (χ1) is 16.0. The average Bonchev–Trinajstić information content (AvgIpc) is 3.46. The molecular weight excluding hydrogens is 420 g/mol. The van der Waals surface area contributed by atoms with Gasteiger partial charge < -0.3 is 18.8 Å². The van der Waals surface area contributed by atoms with E-state index in [-0.39, 0.29) is 24.9 Å². The van der Waals surface area contributed by atoms with Gasteiger partial charge in [-0.05, 0) is 56.5 Å². The number of hydrogen-bond acceptors (Lipinski definition) is 6. The number of aryl methyl sites for hydroxylation is 1. The molecule has 0 saturated carbocycles. The topological polar surface area (TPSA) is 81.9 Å². The van der Waals surface area contributed by atoms with E-state index in [1.807, 2.05) is 61.5 Å². The number of hydrogen-bond donors (Lipinski definition) is 0. The standard InChI is InChI=1S/C26H28N2O5/c1-3-31-26(30)23-13-8-14-28(23)24(29)16-19-9-7-12-21(15-19)32-17-22-18(2)33-25(27-22)20-10-5-4-6-11-20/h4-7,9-12,15,23H,3,8,13-14,16-17H2,1-2H3. The maximum Gasteiger partial charge on any atom is 0.328 e. The predicted molar refractivity (Wildman–Crippen MR) is 123 cm³/mol. The van der Waals surface area contributed by atoms with Crippen molar-refractivity contribution in [3.8, 4) is 17.2 Å². The highest BCUT2D eigenvalue weighted by molar-refractivity contribution is 5.86. The maximum absolute atomic E-state index is 12.9. The van der Waals surface area contributed by atoms with E-state index in [0.717, 1.165) is 23.2 Å². The van der Waals surface area contributed by atoms with Crippen LogP contribution in [0.2, 0.25) is 0 Å².